The number of hydrogen-bond acceptors (Lipinski definition) is 2. The van der Waals surface area contributed by atoms with Gasteiger partial charge in [0.15, 0.2) is 11.6 Å². The number of fused-ring (bicyclic) bond motifs is 1. The van der Waals surface area contributed by atoms with Gasteiger partial charge < -0.3 is 5.11 Å². The molecule has 2 N–H and O–H groups in total. The van der Waals surface area contributed by atoms with E-state index in [2.05, 4.69) is 10.2 Å². The predicted octanol–water partition coefficient (Wildman–Crippen LogP) is 6.31. The Morgan fingerprint density at radius 1 is 1.06 bits per heavy atom. The van der Waals surface area contributed by atoms with Crippen LogP contribution >= 0.6 is 0 Å². The third-order valence-corrected chi connectivity index (χ3v) is 5.28. The Kier molecular flexibility index (Phi) is 5.94. The van der Waals surface area contributed by atoms with Crippen LogP contribution in [0.3, 0.4) is 0 Å². The number of allylic oxidation sites excluding steroid dienone is 1. The Morgan fingerprint density at radius 3 is 2.53 bits per heavy atom. The summed E-state index contributed by atoms with van der Waals surface area (Å²) in [6.45, 7) is 1.90. The number of aromatic nitrogens is 2. The van der Waals surface area contributed by atoms with Crippen molar-refractivity contribution in [3.8, 4) is 0 Å². The van der Waals surface area contributed by atoms with E-state index in [1.54, 1.807) is 24.4 Å². The van der Waals surface area contributed by atoms with Gasteiger partial charge in [-0.2, -0.15) is 5.10 Å². The van der Waals surface area contributed by atoms with E-state index in [4.69, 9.17) is 5.11 Å². The standard InChI is InChI=1S/C26H20F2N2O2/c1-2-20(21-4-3-5-22(27)26(21)28)25(18-11-12-23-19(14-18)15-29-30-23)17-9-6-16(7-10-17)8-13-24(31)32/h3-15H,2H2,1H3,(H,29,30)(H,31,32). The molecule has 0 spiro atoms. The zero-order valence-corrected chi connectivity index (χ0v) is 17.3. The summed E-state index contributed by atoms with van der Waals surface area (Å²) in [6, 6.07) is 17.2. The van der Waals surface area contributed by atoms with Gasteiger partial charge >= 0.3 is 5.97 Å². The van der Waals surface area contributed by atoms with Gasteiger partial charge in [0.1, 0.15) is 0 Å². The second-order valence-corrected chi connectivity index (χ2v) is 7.27. The molecular formula is C26H20F2N2O2. The number of hydrogen-bond donors (Lipinski definition) is 2. The number of carboxylic acid groups (broad SMARTS) is 1. The molecule has 0 aliphatic rings. The van der Waals surface area contributed by atoms with Crippen LogP contribution in [0.25, 0.3) is 28.1 Å². The topological polar surface area (TPSA) is 66.0 Å². The predicted molar refractivity (Wildman–Crippen MR) is 122 cm³/mol. The van der Waals surface area contributed by atoms with Gasteiger partial charge in [-0.3, -0.25) is 5.10 Å². The minimum absolute atomic E-state index is 0.213. The number of halogens is 2. The SMILES string of the molecule is CCC(=C(c1ccc(C=CC(=O)O)cc1)c1ccc2[nH]ncc2c1)c1cccc(F)c1F. The summed E-state index contributed by atoms with van der Waals surface area (Å²) in [5.41, 5.74) is 4.89. The number of carboxylic acids is 1. The first-order chi connectivity index (χ1) is 15.5. The van der Waals surface area contributed by atoms with Crippen LogP contribution in [0, 0.1) is 11.6 Å². The maximum atomic E-state index is 14.8. The molecule has 1 aromatic heterocycles. The van der Waals surface area contributed by atoms with Crippen LogP contribution in [-0.2, 0) is 4.79 Å². The first-order valence-electron chi connectivity index (χ1n) is 10.1. The normalized spacial score (nSPS) is 12.3. The van der Waals surface area contributed by atoms with Gasteiger partial charge in [-0.1, -0.05) is 49.4 Å². The zero-order chi connectivity index (χ0) is 22.7. The number of carbonyl (C=O) groups is 1. The van der Waals surface area contributed by atoms with Gasteiger partial charge in [-0.25, -0.2) is 13.6 Å². The Bertz CT molecular complexity index is 1350. The van der Waals surface area contributed by atoms with E-state index in [1.165, 1.54) is 12.1 Å². The molecule has 6 heteroatoms. The molecule has 3 aromatic carbocycles. The van der Waals surface area contributed by atoms with E-state index in [-0.39, 0.29) is 5.56 Å². The van der Waals surface area contributed by atoms with Crippen LogP contribution in [-0.4, -0.2) is 21.3 Å². The molecule has 0 amide bonds. The zero-order valence-electron chi connectivity index (χ0n) is 17.3. The average Bonchev–Trinajstić information content (AvgIpc) is 3.26. The van der Waals surface area contributed by atoms with Crippen molar-refractivity contribution in [3.05, 3.63) is 107 Å². The molecule has 4 aromatic rings. The Hall–Kier alpha value is -4.06. The third-order valence-electron chi connectivity index (χ3n) is 5.28. The lowest BCUT2D eigenvalue weighted by molar-refractivity contribution is -0.131. The van der Waals surface area contributed by atoms with E-state index in [9.17, 15) is 13.6 Å². The van der Waals surface area contributed by atoms with Crippen molar-refractivity contribution in [1.29, 1.82) is 0 Å². The maximum absolute atomic E-state index is 14.8. The number of benzene rings is 3. The summed E-state index contributed by atoms with van der Waals surface area (Å²) in [7, 11) is 0. The highest BCUT2D eigenvalue weighted by Crippen LogP contribution is 2.36. The van der Waals surface area contributed by atoms with Gasteiger partial charge in [0.25, 0.3) is 0 Å². The summed E-state index contributed by atoms with van der Waals surface area (Å²) in [6.07, 6.45) is 4.75. The average molecular weight is 430 g/mol. The van der Waals surface area contributed by atoms with Crippen LogP contribution in [0.5, 0.6) is 0 Å². The molecule has 0 bridgehead atoms. The second kappa shape index (κ2) is 8.98. The summed E-state index contributed by atoms with van der Waals surface area (Å²) in [5.74, 6) is -2.81. The fraction of sp³-hybridized carbons (Fsp3) is 0.0769. The molecule has 0 saturated heterocycles. The Morgan fingerprint density at radius 2 is 1.81 bits per heavy atom. The number of nitrogens with one attached hydrogen (secondary N) is 1. The van der Waals surface area contributed by atoms with Gasteiger partial charge in [0.2, 0.25) is 0 Å². The molecule has 0 unspecified atom stereocenters. The summed E-state index contributed by atoms with van der Waals surface area (Å²) >= 11 is 0. The third kappa shape index (κ3) is 4.21. The molecule has 1 heterocycles. The molecule has 4 nitrogen and oxygen atoms in total. The molecule has 0 fully saturated rings. The lowest BCUT2D eigenvalue weighted by Gasteiger charge is -2.17. The van der Waals surface area contributed by atoms with Crippen LogP contribution in [0.2, 0.25) is 0 Å². The molecule has 0 radical (unpaired) electrons. The molecular weight excluding hydrogens is 410 g/mol. The monoisotopic (exact) mass is 430 g/mol. The highest BCUT2D eigenvalue weighted by atomic mass is 19.2. The number of rotatable bonds is 6. The van der Waals surface area contributed by atoms with Crippen molar-refractivity contribution in [2.75, 3.05) is 0 Å². The van der Waals surface area contributed by atoms with Crippen molar-refractivity contribution >= 4 is 34.1 Å². The van der Waals surface area contributed by atoms with Crippen molar-refractivity contribution in [1.82, 2.24) is 10.2 Å². The van der Waals surface area contributed by atoms with Crippen LogP contribution in [0.4, 0.5) is 8.78 Å². The van der Waals surface area contributed by atoms with Gasteiger partial charge in [0.05, 0.1) is 11.7 Å². The lowest BCUT2D eigenvalue weighted by Crippen LogP contribution is -1.99. The number of aromatic amines is 1. The van der Waals surface area contributed by atoms with Crippen molar-refractivity contribution in [2.45, 2.75) is 13.3 Å². The highest BCUT2D eigenvalue weighted by molar-refractivity contribution is 6.00. The first-order valence-corrected chi connectivity index (χ1v) is 10.1. The van der Waals surface area contributed by atoms with Crippen LogP contribution < -0.4 is 0 Å². The second-order valence-electron chi connectivity index (χ2n) is 7.27. The lowest BCUT2D eigenvalue weighted by atomic mass is 9.87. The molecule has 0 saturated carbocycles. The maximum Gasteiger partial charge on any atom is 0.328 e. The Labute approximate surface area is 183 Å². The quantitative estimate of drug-likeness (QED) is 0.278. The van der Waals surface area contributed by atoms with E-state index in [0.29, 0.717) is 12.0 Å². The molecule has 4 rings (SSSR count). The fourth-order valence-electron chi connectivity index (χ4n) is 3.78. The first kappa shape index (κ1) is 21.2. The largest absolute Gasteiger partial charge is 0.478 e. The van der Waals surface area contributed by atoms with Gasteiger partial charge in [-0.05, 0) is 58.5 Å². The van der Waals surface area contributed by atoms with Crippen molar-refractivity contribution in [3.63, 3.8) is 0 Å². The molecule has 0 aliphatic carbocycles. The minimum Gasteiger partial charge on any atom is -0.478 e. The summed E-state index contributed by atoms with van der Waals surface area (Å²) < 4.78 is 28.8. The van der Waals surface area contributed by atoms with Gasteiger partial charge in [0, 0.05) is 17.0 Å². The number of nitrogens with zero attached hydrogens (tertiary/aromatic N) is 1. The molecule has 160 valence electrons. The van der Waals surface area contributed by atoms with Crippen molar-refractivity contribution in [2.24, 2.45) is 0 Å². The summed E-state index contributed by atoms with van der Waals surface area (Å²) in [4.78, 5) is 10.8. The Balaban J connectivity index is 1.94. The van der Waals surface area contributed by atoms with E-state index in [1.807, 2.05) is 37.3 Å². The van der Waals surface area contributed by atoms with E-state index >= 15 is 0 Å². The minimum atomic E-state index is -1.03. The van der Waals surface area contributed by atoms with Crippen LogP contribution in [0.1, 0.15) is 35.6 Å². The van der Waals surface area contributed by atoms with Crippen LogP contribution in [0.15, 0.2) is 72.9 Å². The number of H-pyrrole nitrogens is 1. The van der Waals surface area contributed by atoms with Gasteiger partial charge in [-0.15, -0.1) is 0 Å². The summed E-state index contributed by atoms with van der Waals surface area (Å²) in [5, 5.41) is 16.7. The number of aliphatic carboxylic acids is 1. The molecule has 0 atom stereocenters. The van der Waals surface area contributed by atoms with E-state index in [0.717, 1.165) is 45.3 Å². The van der Waals surface area contributed by atoms with E-state index < -0.39 is 17.6 Å². The fourth-order valence-corrected chi connectivity index (χ4v) is 3.78. The van der Waals surface area contributed by atoms with Crippen molar-refractivity contribution < 1.29 is 18.7 Å². The molecule has 32 heavy (non-hydrogen) atoms. The highest BCUT2D eigenvalue weighted by Gasteiger charge is 2.18. The smallest absolute Gasteiger partial charge is 0.328 e. The molecule has 0 aliphatic heterocycles.